The van der Waals surface area contributed by atoms with Crippen LogP contribution in [-0.4, -0.2) is 165 Å². The lowest BCUT2D eigenvalue weighted by atomic mass is 9.94. The second kappa shape index (κ2) is 48.0. The molecule has 0 radical (unpaired) electrons. The van der Waals surface area contributed by atoms with E-state index in [9.17, 15) is 53.4 Å². The molecular formula is C51H90N4O16S. The lowest BCUT2D eigenvalue weighted by molar-refractivity contribution is -0.142. The van der Waals surface area contributed by atoms with E-state index in [1.807, 2.05) is 0 Å². The van der Waals surface area contributed by atoms with Gasteiger partial charge in [0.2, 0.25) is 23.6 Å². The zero-order valence-corrected chi connectivity index (χ0v) is 44.3. The molecule has 0 aromatic carbocycles. The number of thioether (sulfide) groups is 1. The van der Waals surface area contributed by atoms with Crippen molar-refractivity contribution in [2.24, 2.45) is 11.8 Å². The predicted molar refractivity (Wildman–Crippen MR) is 273 cm³/mol. The first-order valence-electron chi connectivity index (χ1n) is 26.2. The molecule has 21 heteroatoms. The summed E-state index contributed by atoms with van der Waals surface area (Å²) in [4.78, 5) is 107. The number of ketones is 3. The van der Waals surface area contributed by atoms with Crippen LogP contribution in [0.4, 0.5) is 0 Å². The van der Waals surface area contributed by atoms with Gasteiger partial charge >= 0.3 is 11.9 Å². The molecule has 0 aliphatic heterocycles. The molecule has 0 spiro atoms. The Balaban J connectivity index is 3.69. The van der Waals surface area contributed by atoms with Gasteiger partial charge in [-0.25, -0.2) is 4.79 Å². The molecule has 7 N–H and O–H groups in total. The Bertz CT molecular complexity index is 1520. The summed E-state index contributed by atoms with van der Waals surface area (Å²) >= 11 is 1.28. The van der Waals surface area contributed by atoms with Gasteiger partial charge < -0.3 is 55.5 Å². The van der Waals surface area contributed by atoms with Crippen molar-refractivity contribution in [2.75, 3.05) is 90.6 Å². The van der Waals surface area contributed by atoms with Crippen molar-refractivity contribution in [3.63, 3.8) is 0 Å². The monoisotopic (exact) mass is 1050 g/mol. The van der Waals surface area contributed by atoms with Gasteiger partial charge in [-0.2, -0.15) is 11.8 Å². The highest BCUT2D eigenvalue weighted by Crippen LogP contribution is 2.16. The van der Waals surface area contributed by atoms with Crippen LogP contribution in [0.25, 0.3) is 0 Å². The maximum Gasteiger partial charge on any atom is 0.326 e. The zero-order chi connectivity index (χ0) is 53.5. The first-order valence-corrected chi connectivity index (χ1v) is 27.4. The van der Waals surface area contributed by atoms with Crippen LogP contribution < -0.4 is 21.3 Å². The van der Waals surface area contributed by atoms with E-state index < -0.39 is 23.9 Å². The molecule has 416 valence electrons. The molecule has 3 atom stereocenters. The van der Waals surface area contributed by atoms with Crippen molar-refractivity contribution in [3.8, 4) is 0 Å². The molecule has 0 saturated carbocycles. The first-order chi connectivity index (χ1) is 34.7. The molecule has 0 aromatic heterocycles. The molecule has 72 heavy (non-hydrogen) atoms. The molecule has 0 unspecified atom stereocenters. The van der Waals surface area contributed by atoms with Crippen molar-refractivity contribution in [1.29, 1.82) is 0 Å². The molecule has 0 heterocycles. The number of amides is 4. The third-order valence-corrected chi connectivity index (χ3v) is 12.8. The van der Waals surface area contributed by atoms with E-state index in [-0.39, 0.29) is 164 Å². The SMILES string of the molecule is CC(=O)[C@H](CO)CC(=O)[C@@H](C)CSCC(=O)NCCNC(=O)COCCOCCNC(=O)COCCOCCCC(=O)CC[C@H](NC(=O)CCCCCCCCCCCCCCCCCCC(=O)O)C(=O)O. The number of carbonyl (C=O) groups excluding carboxylic acids is 7. The third-order valence-electron chi connectivity index (χ3n) is 11.6. The number of aliphatic hydroxyl groups excluding tert-OH is 1. The Labute approximate surface area is 432 Å². The van der Waals surface area contributed by atoms with Gasteiger partial charge in [0, 0.05) is 75.9 Å². The standard InChI is InChI=1S/C51H90N4O16S/c1-40(45(59)34-42(35-56)41(2)57)38-72-39-49(63)53-26-25-52-47(61)36-71-33-31-69-29-27-54-48(62)37-70-32-30-68-28-19-20-43(58)23-24-44(51(66)67)55-46(60)21-17-15-13-11-9-7-5-3-4-6-8-10-12-14-16-18-22-50(64)65/h40,42,44,56H,3-39H2,1-2H3,(H,52,61)(H,53,63)(H,54,62)(H,55,60)(H,64,65)(H,66,67)/t40-,42-,44-/m0/s1. The zero-order valence-electron chi connectivity index (χ0n) is 43.5. The maximum absolute atomic E-state index is 12.4. The van der Waals surface area contributed by atoms with Crippen LogP contribution in [0.15, 0.2) is 0 Å². The number of nitrogens with one attached hydrogen (secondary N) is 4. The Morgan fingerprint density at radius 3 is 1.49 bits per heavy atom. The van der Waals surface area contributed by atoms with Crippen molar-refractivity contribution in [2.45, 2.75) is 168 Å². The summed E-state index contributed by atoms with van der Waals surface area (Å²) in [7, 11) is 0. The van der Waals surface area contributed by atoms with Gasteiger partial charge in [-0.05, 0) is 32.6 Å². The highest BCUT2D eigenvalue weighted by atomic mass is 32.2. The van der Waals surface area contributed by atoms with Crippen LogP contribution >= 0.6 is 11.8 Å². The average Bonchev–Trinajstić information content (AvgIpc) is 3.34. The van der Waals surface area contributed by atoms with Gasteiger partial charge in [-0.3, -0.25) is 38.4 Å². The number of hydrogen-bond donors (Lipinski definition) is 7. The van der Waals surface area contributed by atoms with Crippen LogP contribution in [0.3, 0.4) is 0 Å². The Morgan fingerprint density at radius 1 is 0.514 bits per heavy atom. The fourth-order valence-electron chi connectivity index (χ4n) is 7.15. The quantitative estimate of drug-likeness (QED) is 0.0405. The van der Waals surface area contributed by atoms with Crippen LogP contribution in [-0.2, 0) is 62.1 Å². The lowest BCUT2D eigenvalue weighted by Gasteiger charge is -2.14. The Kier molecular flexibility index (Phi) is 45.3. The molecule has 20 nitrogen and oxygen atoms in total. The van der Waals surface area contributed by atoms with Gasteiger partial charge in [0.05, 0.1) is 45.4 Å². The fraction of sp³-hybridized carbons (Fsp3) is 0.824. The number of rotatable bonds is 53. The minimum absolute atomic E-state index is 0.0197. The van der Waals surface area contributed by atoms with Crippen LogP contribution in [0.1, 0.15) is 162 Å². The van der Waals surface area contributed by atoms with Gasteiger partial charge in [0.1, 0.15) is 36.6 Å². The van der Waals surface area contributed by atoms with Gasteiger partial charge in [0.25, 0.3) is 0 Å². The molecule has 0 fully saturated rings. The number of carboxylic acid groups (broad SMARTS) is 2. The summed E-state index contributed by atoms with van der Waals surface area (Å²) in [6, 6.07) is -1.11. The van der Waals surface area contributed by atoms with E-state index in [1.54, 1.807) is 6.92 Å². The minimum Gasteiger partial charge on any atom is -0.481 e. The summed E-state index contributed by atoms with van der Waals surface area (Å²) in [5, 5.41) is 38.0. The van der Waals surface area contributed by atoms with Crippen molar-refractivity contribution < 1.29 is 77.4 Å². The molecule has 0 aliphatic carbocycles. The van der Waals surface area contributed by atoms with E-state index in [2.05, 4.69) is 21.3 Å². The summed E-state index contributed by atoms with van der Waals surface area (Å²) in [6.45, 7) is 4.25. The van der Waals surface area contributed by atoms with E-state index >= 15 is 0 Å². The molecule has 4 amide bonds. The van der Waals surface area contributed by atoms with E-state index in [0.29, 0.717) is 25.2 Å². The van der Waals surface area contributed by atoms with Gasteiger partial charge in [-0.15, -0.1) is 0 Å². The lowest BCUT2D eigenvalue weighted by Crippen LogP contribution is -2.41. The van der Waals surface area contributed by atoms with E-state index in [0.717, 1.165) is 38.5 Å². The largest absolute Gasteiger partial charge is 0.481 e. The number of aliphatic carboxylic acids is 2. The highest BCUT2D eigenvalue weighted by Gasteiger charge is 2.22. The smallest absolute Gasteiger partial charge is 0.326 e. The molecule has 0 bridgehead atoms. The molecule has 0 rings (SSSR count). The van der Waals surface area contributed by atoms with Crippen molar-refractivity contribution >= 4 is 64.7 Å². The van der Waals surface area contributed by atoms with Crippen molar-refractivity contribution in [1.82, 2.24) is 21.3 Å². The maximum atomic E-state index is 12.4. The first kappa shape index (κ1) is 68.0. The third kappa shape index (κ3) is 44.7. The number of carboxylic acids is 2. The number of ether oxygens (including phenoxy) is 4. The van der Waals surface area contributed by atoms with Crippen LogP contribution in [0.5, 0.6) is 0 Å². The number of carbonyl (C=O) groups is 9. The van der Waals surface area contributed by atoms with Crippen LogP contribution in [0, 0.1) is 11.8 Å². The summed E-state index contributed by atoms with van der Waals surface area (Å²) < 4.78 is 21.4. The molecule has 0 aliphatic rings. The minimum atomic E-state index is -1.16. The topological polar surface area (TPSA) is 299 Å². The number of aliphatic hydroxyl groups is 1. The summed E-state index contributed by atoms with van der Waals surface area (Å²) in [5.74, 6) is -4.14. The Hall–Kier alpha value is -4.02. The fourth-order valence-corrected chi connectivity index (χ4v) is 8.10. The number of unbranched alkanes of at least 4 members (excludes halogenated alkanes) is 15. The molecule has 0 saturated heterocycles. The predicted octanol–water partition coefficient (Wildman–Crippen LogP) is 4.73. The highest BCUT2D eigenvalue weighted by molar-refractivity contribution is 7.99. The van der Waals surface area contributed by atoms with Gasteiger partial charge in [-0.1, -0.05) is 96.8 Å². The summed E-state index contributed by atoms with van der Waals surface area (Å²) in [5.41, 5.74) is 0. The number of Topliss-reactive ketones (excluding diaryl/α,β-unsaturated/α-hetero) is 3. The summed E-state index contributed by atoms with van der Waals surface area (Å²) in [6.07, 6.45) is 19.0. The van der Waals surface area contributed by atoms with Crippen LogP contribution in [0.2, 0.25) is 0 Å². The second-order valence-electron chi connectivity index (χ2n) is 18.1. The Morgan fingerprint density at radius 2 is 0.986 bits per heavy atom. The van der Waals surface area contributed by atoms with Crippen molar-refractivity contribution in [3.05, 3.63) is 0 Å². The molecular weight excluding hydrogens is 957 g/mol. The van der Waals surface area contributed by atoms with E-state index in [4.69, 9.17) is 24.1 Å². The van der Waals surface area contributed by atoms with Gasteiger partial charge in [0.15, 0.2) is 0 Å². The number of hydrogen-bond acceptors (Lipinski definition) is 15. The molecule has 0 aromatic rings. The normalized spacial score (nSPS) is 12.4. The average molecular weight is 1050 g/mol. The van der Waals surface area contributed by atoms with E-state index in [1.165, 1.54) is 76.5 Å². The second-order valence-corrected chi connectivity index (χ2v) is 19.2.